The zero-order valence-corrected chi connectivity index (χ0v) is 18.5. The summed E-state index contributed by atoms with van der Waals surface area (Å²) in [6, 6.07) is 16.4. The quantitative estimate of drug-likeness (QED) is 0.327. The fourth-order valence-electron chi connectivity index (χ4n) is 3.56. The van der Waals surface area contributed by atoms with Crippen molar-refractivity contribution >= 4 is 41.0 Å². The highest BCUT2D eigenvalue weighted by atomic mass is 127. The number of hydrogen-bond donors (Lipinski definition) is 2. The molecule has 0 saturated heterocycles. The molecule has 7 heteroatoms. The molecule has 2 heterocycles. The molecule has 0 bridgehead atoms. The van der Waals surface area contributed by atoms with Gasteiger partial charge in [-0.1, -0.05) is 30.3 Å². The van der Waals surface area contributed by atoms with E-state index in [0.29, 0.717) is 0 Å². The summed E-state index contributed by atoms with van der Waals surface area (Å²) in [6.07, 6.45) is 1.07. The summed E-state index contributed by atoms with van der Waals surface area (Å²) in [5.74, 6) is 2.81. The number of aromatic nitrogens is 2. The molecule has 1 aromatic heterocycles. The van der Waals surface area contributed by atoms with Crippen molar-refractivity contribution in [2.75, 3.05) is 20.1 Å². The largest absolute Gasteiger partial charge is 0.488 e. The fourth-order valence-corrected chi connectivity index (χ4v) is 3.56. The number of rotatable bonds is 5. The van der Waals surface area contributed by atoms with E-state index in [1.165, 1.54) is 5.56 Å². The standard InChI is InChI=1S/C21H25N5O.HI/c1-15-25-18-8-4-5-9-19(18)26(15)12-11-23-21(22-2)24-14-17-13-16-7-3-6-10-20(16)27-17;/h3-10,17H,11-14H2,1-2H3,(H2,22,23,24);1H. The lowest BCUT2D eigenvalue weighted by atomic mass is 10.1. The van der Waals surface area contributed by atoms with Crippen molar-refractivity contribution in [1.29, 1.82) is 0 Å². The molecule has 4 rings (SSSR count). The minimum Gasteiger partial charge on any atom is -0.488 e. The van der Waals surface area contributed by atoms with Crippen molar-refractivity contribution in [2.24, 2.45) is 4.99 Å². The molecule has 0 radical (unpaired) electrons. The first-order valence-electron chi connectivity index (χ1n) is 9.35. The van der Waals surface area contributed by atoms with Gasteiger partial charge in [0, 0.05) is 26.6 Å². The second kappa shape index (κ2) is 9.27. The number of fused-ring (bicyclic) bond motifs is 2. The van der Waals surface area contributed by atoms with Gasteiger partial charge in [-0.2, -0.15) is 0 Å². The number of benzene rings is 2. The molecular formula is C21H26IN5O. The topological polar surface area (TPSA) is 63.5 Å². The third kappa shape index (κ3) is 4.40. The zero-order valence-electron chi connectivity index (χ0n) is 16.2. The van der Waals surface area contributed by atoms with Crippen LogP contribution in [0.1, 0.15) is 11.4 Å². The summed E-state index contributed by atoms with van der Waals surface area (Å²) in [6.45, 7) is 4.37. The molecule has 0 aliphatic carbocycles. The van der Waals surface area contributed by atoms with E-state index in [4.69, 9.17) is 4.74 Å². The van der Waals surface area contributed by atoms with Crippen LogP contribution in [0.5, 0.6) is 5.75 Å². The Hall–Kier alpha value is -2.29. The number of imidazole rings is 1. The molecule has 1 atom stereocenters. The number of ether oxygens (including phenoxy) is 1. The van der Waals surface area contributed by atoms with Crippen molar-refractivity contribution in [1.82, 2.24) is 20.2 Å². The fraction of sp³-hybridized carbons (Fsp3) is 0.333. The smallest absolute Gasteiger partial charge is 0.191 e. The van der Waals surface area contributed by atoms with Crippen LogP contribution in [0.3, 0.4) is 0 Å². The predicted molar refractivity (Wildman–Crippen MR) is 124 cm³/mol. The highest BCUT2D eigenvalue weighted by molar-refractivity contribution is 14.0. The predicted octanol–water partition coefficient (Wildman–Crippen LogP) is 3.13. The maximum Gasteiger partial charge on any atom is 0.191 e. The minimum atomic E-state index is 0. The van der Waals surface area contributed by atoms with Gasteiger partial charge in [0.15, 0.2) is 5.96 Å². The van der Waals surface area contributed by atoms with Crippen molar-refractivity contribution in [3.63, 3.8) is 0 Å². The summed E-state index contributed by atoms with van der Waals surface area (Å²) in [4.78, 5) is 8.93. The van der Waals surface area contributed by atoms with Gasteiger partial charge >= 0.3 is 0 Å². The molecule has 0 saturated carbocycles. The summed E-state index contributed by atoms with van der Waals surface area (Å²) in [5.41, 5.74) is 3.47. The molecule has 0 fully saturated rings. The number of para-hydroxylation sites is 3. The van der Waals surface area contributed by atoms with E-state index in [9.17, 15) is 0 Å². The number of nitrogens with zero attached hydrogens (tertiary/aromatic N) is 3. The Morgan fingerprint density at radius 3 is 2.79 bits per heavy atom. The summed E-state index contributed by atoms with van der Waals surface area (Å²) in [7, 11) is 1.79. The number of aliphatic imine (C=N–C) groups is 1. The van der Waals surface area contributed by atoms with Gasteiger partial charge in [0.2, 0.25) is 0 Å². The van der Waals surface area contributed by atoms with Crippen molar-refractivity contribution in [3.05, 3.63) is 59.9 Å². The lowest BCUT2D eigenvalue weighted by Gasteiger charge is -2.16. The first-order chi connectivity index (χ1) is 13.2. The first-order valence-corrected chi connectivity index (χ1v) is 9.35. The average molecular weight is 491 g/mol. The van der Waals surface area contributed by atoms with Gasteiger partial charge in [-0.15, -0.1) is 24.0 Å². The van der Waals surface area contributed by atoms with Crippen LogP contribution in [0.4, 0.5) is 0 Å². The molecule has 28 heavy (non-hydrogen) atoms. The van der Waals surface area contributed by atoms with E-state index in [1.54, 1.807) is 7.05 Å². The van der Waals surface area contributed by atoms with Gasteiger partial charge < -0.3 is 19.9 Å². The van der Waals surface area contributed by atoms with Crippen molar-refractivity contribution < 1.29 is 4.74 Å². The van der Waals surface area contributed by atoms with E-state index in [1.807, 2.05) is 37.3 Å². The maximum atomic E-state index is 5.97. The molecule has 1 aliphatic heterocycles. The SMILES string of the molecule is CN=C(NCCn1c(C)nc2ccccc21)NCC1Cc2ccccc2O1.I. The number of nitrogens with one attached hydrogen (secondary N) is 2. The number of hydrogen-bond acceptors (Lipinski definition) is 3. The monoisotopic (exact) mass is 491 g/mol. The summed E-state index contributed by atoms with van der Waals surface area (Å²) in [5, 5.41) is 6.75. The van der Waals surface area contributed by atoms with Crippen LogP contribution in [-0.4, -0.2) is 41.8 Å². The normalized spacial score (nSPS) is 15.6. The number of halogens is 1. The Kier molecular flexibility index (Phi) is 6.77. The van der Waals surface area contributed by atoms with E-state index in [0.717, 1.165) is 54.6 Å². The van der Waals surface area contributed by atoms with Crippen LogP contribution < -0.4 is 15.4 Å². The highest BCUT2D eigenvalue weighted by Crippen LogP contribution is 2.27. The third-order valence-corrected chi connectivity index (χ3v) is 4.91. The molecule has 148 valence electrons. The van der Waals surface area contributed by atoms with E-state index in [2.05, 4.69) is 43.4 Å². The first kappa shape index (κ1) is 20.4. The second-order valence-corrected chi connectivity index (χ2v) is 6.73. The zero-order chi connectivity index (χ0) is 18.6. The Morgan fingerprint density at radius 2 is 1.96 bits per heavy atom. The summed E-state index contributed by atoms with van der Waals surface area (Å²) < 4.78 is 8.20. The molecule has 0 spiro atoms. The van der Waals surface area contributed by atoms with Crippen LogP contribution in [-0.2, 0) is 13.0 Å². The number of guanidine groups is 1. The van der Waals surface area contributed by atoms with Crippen molar-refractivity contribution in [2.45, 2.75) is 26.0 Å². The lowest BCUT2D eigenvalue weighted by molar-refractivity contribution is 0.235. The molecule has 6 nitrogen and oxygen atoms in total. The second-order valence-electron chi connectivity index (χ2n) is 6.73. The Bertz CT molecular complexity index is 943. The van der Waals surface area contributed by atoms with Gasteiger partial charge in [-0.05, 0) is 30.7 Å². The molecule has 2 aromatic carbocycles. The Balaban J connectivity index is 0.00000225. The van der Waals surface area contributed by atoms with Crippen LogP contribution in [0, 0.1) is 6.92 Å². The minimum absolute atomic E-state index is 0. The van der Waals surface area contributed by atoms with Gasteiger partial charge in [0.25, 0.3) is 0 Å². The maximum absolute atomic E-state index is 5.97. The van der Waals surface area contributed by atoms with Crippen LogP contribution >= 0.6 is 24.0 Å². The molecule has 0 amide bonds. The molecule has 2 N–H and O–H groups in total. The van der Waals surface area contributed by atoms with Gasteiger partial charge in [0.1, 0.15) is 17.7 Å². The Morgan fingerprint density at radius 1 is 1.18 bits per heavy atom. The van der Waals surface area contributed by atoms with Gasteiger partial charge in [-0.3, -0.25) is 4.99 Å². The Labute approximate surface area is 182 Å². The molecule has 3 aromatic rings. The van der Waals surface area contributed by atoms with Gasteiger partial charge in [-0.25, -0.2) is 4.98 Å². The molecule has 1 aliphatic rings. The molecular weight excluding hydrogens is 465 g/mol. The van der Waals surface area contributed by atoms with Gasteiger partial charge in [0.05, 0.1) is 17.6 Å². The van der Waals surface area contributed by atoms with Crippen LogP contribution in [0.25, 0.3) is 11.0 Å². The summed E-state index contributed by atoms with van der Waals surface area (Å²) >= 11 is 0. The lowest BCUT2D eigenvalue weighted by Crippen LogP contribution is -2.43. The van der Waals surface area contributed by atoms with E-state index >= 15 is 0 Å². The average Bonchev–Trinajstić information content (AvgIpc) is 3.24. The third-order valence-electron chi connectivity index (χ3n) is 4.91. The highest BCUT2D eigenvalue weighted by Gasteiger charge is 2.22. The number of aryl methyl sites for hydroxylation is 1. The van der Waals surface area contributed by atoms with E-state index < -0.39 is 0 Å². The van der Waals surface area contributed by atoms with Crippen LogP contribution in [0.15, 0.2) is 53.5 Å². The molecule has 1 unspecified atom stereocenters. The van der Waals surface area contributed by atoms with Crippen LogP contribution in [0.2, 0.25) is 0 Å². The van der Waals surface area contributed by atoms with Crippen molar-refractivity contribution in [3.8, 4) is 5.75 Å². The van der Waals surface area contributed by atoms with E-state index in [-0.39, 0.29) is 30.1 Å².